The van der Waals surface area contributed by atoms with Crippen molar-refractivity contribution in [3.05, 3.63) is 35.3 Å². The summed E-state index contributed by atoms with van der Waals surface area (Å²) in [5.41, 5.74) is 4.43. The second-order valence-electron chi connectivity index (χ2n) is 4.30. The SMILES string of the molecule is COc1cc(C)c(-c2c(C#N)ncn2C)cc1C. The van der Waals surface area contributed by atoms with E-state index in [1.807, 2.05) is 37.6 Å². The van der Waals surface area contributed by atoms with Gasteiger partial charge in [-0.1, -0.05) is 0 Å². The largest absolute Gasteiger partial charge is 0.496 e. The first-order valence-electron chi connectivity index (χ1n) is 5.65. The summed E-state index contributed by atoms with van der Waals surface area (Å²) in [5.74, 6) is 0.858. The molecule has 1 aromatic carbocycles. The lowest BCUT2D eigenvalue weighted by molar-refractivity contribution is 0.411. The zero-order valence-corrected chi connectivity index (χ0v) is 11.0. The first-order valence-corrected chi connectivity index (χ1v) is 5.65. The third-order valence-corrected chi connectivity index (χ3v) is 3.04. The van der Waals surface area contributed by atoms with E-state index in [1.54, 1.807) is 13.4 Å². The Labute approximate surface area is 106 Å². The van der Waals surface area contributed by atoms with Crippen LogP contribution < -0.4 is 4.74 Å². The van der Waals surface area contributed by atoms with Crippen LogP contribution in [0.15, 0.2) is 18.5 Å². The van der Waals surface area contributed by atoms with Gasteiger partial charge in [-0.15, -0.1) is 0 Å². The molecule has 0 aliphatic rings. The third kappa shape index (κ3) is 1.84. The van der Waals surface area contributed by atoms with Crippen LogP contribution in [0.3, 0.4) is 0 Å². The molecular formula is C14H15N3O. The van der Waals surface area contributed by atoms with Crippen LogP contribution in [0.4, 0.5) is 0 Å². The molecule has 0 unspecified atom stereocenters. The summed E-state index contributed by atoms with van der Waals surface area (Å²) in [6.07, 6.45) is 1.66. The van der Waals surface area contributed by atoms with Crippen LogP contribution >= 0.6 is 0 Å². The number of aromatic nitrogens is 2. The second-order valence-corrected chi connectivity index (χ2v) is 4.30. The highest BCUT2D eigenvalue weighted by molar-refractivity contribution is 5.70. The number of imidazole rings is 1. The number of methoxy groups -OCH3 is 1. The zero-order valence-electron chi connectivity index (χ0n) is 11.0. The minimum absolute atomic E-state index is 0.449. The van der Waals surface area contributed by atoms with Gasteiger partial charge in [0.25, 0.3) is 0 Å². The van der Waals surface area contributed by atoms with Gasteiger partial charge in [0.05, 0.1) is 19.1 Å². The lowest BCUT2D eigenvalue weighted by atomic mass is 10.0. The Morgan fingerprint density at radius 1 is 1.28 bits per heavy atom. The van der Waals surface area contributed by atoms with Gasteiger partial charge in [-0.25, -0.2) is 4.98 Å². The minimum Gasteiger partial charge on any atom is -0.496 e. The number of ether oxygens (including phenoxy) is 1. The Hall–Kier alpha value is -2.28. The van der Waals surface area contributed by atoms with Gasteiger partial charge in [-0.05, 0) is 37.1 Å². The number of rotatable bonds is 2. The predicted octanol–water partition coefficient (Wildman–Crippen LogP) is 2.58. The second kappa shape index (κ2) is 4.53. The van der Waals surface area contributed by atoms with Crippen molar-refractivity contribution >= 4 is 0 Å². The molecule has 2 rings (SSSR count). The number of aryl methyl sites for hydroxylation is 3. The van der Waals surface area contributed by atoms with Crippen LogP contribution in [0.1, 0.15) is 16.8 Å². The summed E-state index contributed by atoms with van der Waals surface area (Å²) in [7, 11) is 3.55. The highest BCUT2D eigenvalue weighted by Crippen LogP contribution is 2.31. The molecular weight excluding hydrogens is 226 g/mol. The number of hydrogen-bond donors (Lipinski definition) is 0. The van der Waals surface area contributed by atoms with Gasteiger partial charge >= 0.3 is 0 Å². The van der Waals surface area contributed by atoms with Crippen LogP contribution in [-0.4, -0.2) is 16.7 Å². The van der Waals surface area contributed by atoms with Crippen molar-refractivity contribution in [2.24, 2.45) is 7.05 Å². The van der Waals surface area contributed by atoms with E-state index in [2.05, 4.69) is 11.1 Å². The normalized spacial score (nSPS) is 10.2. The van der Waals surface area contributed by atoms with Crippen molar-refractivity contribution in [1.82, 2.24) is 9.55 Å². The molecule has 0 amide bonds. The molecule has 0 N–H and O–H groups in total. The first kappa shape index (κ1) is 12.2. The number of nitrogens with zero attached hydrogens (tertiary/aromatic N) is 3. The van der Waals surface area contributed by atoms with Crippen LogP contribution in [0.5, 0.6) is 5.75 Å². The third-order valence-electron chi connectivity index (χ3n) is 3.04. The fourth-order valence-electron chi connectivity index (χ4n) is 2.09. The van der Waals surface area contributed by atoms with Gasteiger partial charge < -0.3 is 9.30 Å². The summed E-state index contributed by atoms with van der Waals surface area (Å²) in [6, 6.07) is 6.15. The van der Waals surface area contributed by atoms with Gasteiger partial charge in [0, 0.05) is 12.6 Å². The molecule has 18 heavy (non-hydrogen) atoms. The lowest BCUT2D eigenvalue weighted by Crippen LogP contribution is -1.96. The Kier molecular flexibility index (Phi) is 3.07. The van der Waals surface area contributed by atoms with Gasteiger partial charge in [0.2, 0.25) is 0 Å². The number of benzene rings is 1. The van der Waals surface area contributed by atoms with E-state index in [-0.39, 0.29) is 0 Å². The molecule has 92 valence electrons. The van der Waals surface area contributed by atoms with Gasteiger partial charge in [-0.3, -0.25) is 0 Å². The number of nitriles is 1. The molecule has 0 saturated carbocycles. The van der Waals surface area contributed by atoms with Crippen LogP contribution in [-0.2, 0) is 7.05 Å². The van der Waals surface area contributed by atoms with Gasteiger partial charge in [-0.2, -0.15) is 5.26 Å². The van der Waals surface area contributed by atoms with E-state index >= 15 is 0 Å². The maximum atomic E-state index is 9.10. The fourth-order valence-corrected chi connectivity index (χ4v) is 2.09. The minimum atomic E-state index is 0.449. The van der Waals surface area contributed by atoms with Crippen molar-refractivity contribution in [2.45, 2.75) is 13.8 Å². The average molecular weight is 241 g/mol. The fraction of sp³-hybridized carbons (Fsp3) is 0.286. The highest BCUT2D eigenvalue weighted by Gasteiger charge is 2.14. The van der Waals surface area contributed by atoms with E-state index in [9.17, 15) is 0 Å². The van der Waals surface area contributed by atoms with E-state index in [0.717, 1.165) is 28.1 Å². The standard InChI is InChI=1S/C14H15N3O/c1-9-6-13(18-4)10(2)5-11(9)14-12(7-15)16-8-17(14)3/h5-6,8H,1-4H3. The molecule has 1 aromatic heterocycles. The topological polar surface area (TPSA) is 50.8 Å². The molecule has 0 atom stereocenters. The molecule has 0 radical (unpaired) electrons. The van der Waals surface area contributed by atoms with E-state index in [1.165, 1.54) is 0 Å². The summed E-state index contributed by atoms with van der Waals surface area (Å²) in [4.78, 5) is 4.09. The Balaban J connectivity index is 2.69. The van der Waals surface area contributed by atoms with Crippen molar-refractivity contribution in [2.75, 3.05) is 7.11 Å². The summed E-state index contributed by atoms with van der Waals surface area (Å²) in [5, 5.41) is 9.10. The summed E-state index contributed by atoms with van der Waals surface area (Å²) >= 11 is 0. The predicted molar refractivity (Wildman–Crippen MR) is 69.4 cm³/mol. The van der Waals surface area contributed by atoms with Crippen molar-refractivity contribution in [1.29, 1.82) is 5.26 Å². The molecule has 2 aromatic rings. The zero-order chi connectivity index (χ0) is 13.3. The van der Waals surface area contributed by atoms with Crippen molar-refractivity contribution < 1.29 is 4.74 Å². The van der Waals surface area contributed by atoms with Gasteiger partial charge in [0.15, 0.2) is 5.69 Å². The molecule has 4 nitrogen and oxygen atoms in total. The molecule has 0 saturated heterocycles. The molecule has 0 aliphatic carbocycles. The van der Waals surface area contributed by atoms with Crippen LogP contribution in [0, 0.1) is 25.2 Å². The van der Waals surface area contributed by atoms with Crippen molar-refractivity contribution in [3.63, 3.8) is 0 Å². The number of hydrogen-bond acceptors (Lipinski definition) is 3. The van der Waals surface area contributed by atoms with Crippen molar-refractivity contribution in [3.8, 4) is 23.1 Å². The maximum absolute atomic E-state index is 9.10. The molecule has 0 fully saturated rings. The molecule has 4 heteroatoms. The Morgan fingerprint density at radius 2 is 2.00 bits per heavy atom. The maximum Gasteiger partial charge on any atom is 0.166 e. The smallest absolute Gasteiger partial charge is 0.166 e. The first-order chi connectivity index (χ1) is 8.58. The molecule has 0 aliphatic heterocycles. The lowest BCUT2D eigenvalue weighted by Gasteiger charge is -2.12. The molecule has 0 spiro atoms. The Morgan fingerprint density at radius 3 is 2.61 bits per heavy atom. The molecule has 1 heterocycles. The summed E-state index contributed by atoms with van der Waals surface area (Å²) in [6.45, 7) is 4.00. The van der Waals surface area contributed by atoms with Crippen LogP contribution in [0.25, 0.3) is 11.3 Å². The van der Waals surface area contributed by atoms with Gasteiger partial charge in [0.1, 0.15) is 11.8 Å². The summed E-state index contributed by atoms with van der Waals surface area (Å²) < 4.78 is 7.17. The van der Waals surface area contributed by atoms with E-state index < -0.39 is 0 Å². The average Bonchev–Trinajstić information content (AvgIpc) is 2.72. The monoisotopic (exact) mass is 241 g/mol. The Bertz CT molecular complexity index is 635. The quantitative estimate of drug-likeness (QED) is 0.812. The molecule has 0 bridgehead atoms. The highest BCUT2D eigenvalue weighted by atomic mass is 16.5. The van der Waals surface area contributed by atoms with E-state index in [4.69, 9.17) is 10.00 Å². The van der Waals surface area contributed by atoms with E-state index in [0.29, 0.717) is 5.69 Å². The van der Waals surface area contributed by atoms with Crippen LogP contribution in [0.2, 0.25) is 0 Å².